The number of nitrogens with zero attached hydrogens (tertiary/aromatic N) is 2. The Morgan fingerprint density at radius 2 is 1.52 bits per heavy atom. The maximum atomic E-state index is 5.42. The lowest BCUT2D eigenvalue weighted by molar-refractivity contribution is 0.324. The summed E-state index contributed by atoms with van der Waals surface area (Å²) in [6, 6.07) is 18.6. The van der Waals surface area contributed by atoms with Gasteiger partial charge in [-0.2, -0.15) is 0 Å². The van der Waals surface area contributed by atoms with Gasteiger partial charge < -0.3 is 18.8 Å². The van der Waals surface area contributed by atoms with Gasteiger partial charge in [0.15, 0.2) is 11.5 Å². The van der Waals surface area contributed by atoms with Crippen LogP contribution in [0.2, 0.25) is 0 Å². The molecule has 4 aromatic rings. The molecule has 29 heavy (non-hydrogen) atoms. The summed E-state index contributed by atoms with van der Waals surface area (Å²) in [6.45, 7) is 3.10. The van der Waals surface area contributed by atoms with Crippen LogP contribution in [0.3, 0.4) is 0 Å². The number of aromatic nitrogens is 1. The fraction of sp³-hybridized carbons (Fsp3) is 0.208. The van der Waals surface area contributed by atoms with Crippen LogP contribution in [-0.4, -0.2) is 32.1 Å². The summed E-state index contributed by atoms with van der Waals surface area (Å²) in [5, 5.41) is 2.45. The van der Waals surface area contributed by atoms with Crippen LogP contribution in [0.15, 0.2) is 59.6 Å². The van der Waals surface area contributed by atoms with E-state index in [-0.39, 0.29) is 0 Å². The molecule has 0 unspecified atom stereocenters. The summed E-state index contributed by atoms with van der Waals surface area (Å²) >= 11 is 0. The van der Waals surface area contributed by atoms with E-state index >= 15 is 0 Å². The zero-order chi connectivity index (χ0) is 20.4. The van der Waals surface area contributed by atoms with Crippen molar-refractivity contribution >= 4 is 33.7 Å². The van der Waals surface area contributed by atoms with Gasteiger partial charge in [0, 0.05) is 40.1 Å². The number of hydrogen-bond donors (Lipinski definition) is 0. The molecule has 0 spiro atoms. The average Bonchev–Trinajstić information content (AvgIpc) is 3.09. The molecule has 148 valence electrons. The Morgan fingerprint density at radius 3 is 2.17 bits per heavy atom. The summed E-state index contributed by atoms with van der Waals surface area (Å²) in [4.78, 5) is 4.69. The number of hydrogen-bond acceptors (Lipinski definition) is 4. The van der Waals surface area contributed by atoms with Crippen LogP contribution < -0.4 is 14.2 Å². The predicted molar refractivity (Wildman–Crippen MR) is 118 cm³/mol. The summed E-state index contributed by atoms with van der Waals surface area (Å²) in [7, 11) is 4.81. The Morgan fingerprint density at radius 1 is 0.828 bits per heavy atom. The van der Waals surface area contributed by atoms with E-state index in [0.29, 0.717) is 17.2 Å². The highest BCUT2D eigenvalue weighted by Gasteiger charge is 2.13. The third-order valence-corrected chi connectivity index (χ3v) is 5.12. The van der Waals surface area contributed by atoms with Crippen LogP contribution in [0, 0.1) is 0 Å². The minimum absolute atomic E-state index is 0.570. The summed E-state index contributed by atoms with van der Waals surface area (Å²) in [6.07, 6.45) is 1.81. The SMILES string of the molecule is CCn1c2ccccc2c2cc(N=Cc3cc(OC)c(OC)c(OC)c3)ccc21. The van der Waals surface area contributed by atoms with E-state index in [1.807, 2.05) is 24.4 Å². The molecule has 0 fully saturated rings. The van der Waals surface area contributed by atoms with E-state index in [0.717, 1.165) is 17.8 Å². The standard InChI is InChI=1S/C24H24N2O3/c1-5-26-20-9-7-6-8-18(20)19-14-17(10-11-21(19)26)25-15-16-12-22(27-2)24(29-4)23(13-16)28-3/h6-15H,5H2,1-4H3. The largest absolute Gasteiger partial charge is 0.493 e. The monoisotopic (exact) mass is 388 g/mol. The van der Waals surface area contributed by atoms with Gasteiger partial charge in [-0.1, -0.05) is 18.2 Å². The average molecular weight is 388 g/mol. The van der Waals surface area contributed by atoms with Crippen molar-refractivity contribution in [1.29, 1.82) is 0 Å². The van der Waals surface area contributed by atoms with Crippen LogP contribution in [0.25, 0.3) is 21.8 Å². The minimum Gasteiger partial charge on any atom is -0.493 e. The molecular formula is C24H24N2O3. The summed E-state index contributed by atoms with van der Waals surface area (Å²) in [5.41, 5.74) is 4.23. The first-order valence-electron chi connectivity index (χ1n) is 9.55. The molecule has 0 N–H and O–H groups in total. The molecule has 3 aromatic carbocycles. The van der Waals surface area contributed by atoms with E-state index in [2.05, 4.69) is 52.9 Å². The van der Waals surface area contributed by atoms with Gasteiger partial charge in [0.25, 0.3) is 0 Å². The molecule has 0 amide bonds. The number of ether oxygens (including phenoxy) is 3. The lowest BCUT2D eigenvalue weighted by Crippen LogP contribution is -1.96. The van der Waals surface area contributed by atoms with Crippen LogP contribution >= 0.6 is 0 Å². The molecule has 1 aromatic heterocycles. The highest BCUT2D eigenvalue weighted by atomic mass is 16.5. The van der Waals surface area contributed by atoms with Gasteiger partial charge >= 0.3 is 0 Å². The summed E-state index contributed by atoms with van der Waals surface area (Å²) < 4.78 is 18.6. The van der Waals surface area contributed by atoms with Crippen molar-refractivity contribution in [2.75, 3.05) is 21.3 Å². The second kappa shape index (κ2) is 7.87. The number of fused-ring (bicyclic) bond motifs is 3. The lowest BCUT2D eigenvalue weighted by atomic mass is 10.1. The number of para-hydroxylation sites is 1. The molecule has 1 heterocycles. The molecule has 0 aliphatic carbocycles. The molecule has 0 aliphatic heterocycles. The number of benzene rings is 3. The Kier molecular flexibility index (Phi) is 5.12. The van der Waals surface area contributed by atoms with Crippen molar-refractivity contribution in [3.63, 3.8) is 0 Å². The second-order valence-electron chi connectivity index (χ2n) is 6.68. The van der Waals surface area contributed by atoms with E-state index < -0.39 is 0 Å². The summed E-state index contributed by atoms with van der Waals surface area (Å²) in [5.74, 6) is 1.78. The number of rotatable bonds is 6. The first kappa shape index (κ1) is 18.9. The Balaban J connectivity index is 1.77. The normalized spacial score (nSPS) is 11.4. The molecule has 0 saturated heterocycles. The van der Waals surface area contributed by atoms with Crippen LogP contribution in [-0.2, 0) is 6.54 Å². The number of aliphatic imine (C=N–C) groups is 1. The predicted octanol–water partition coefficient (Wildman–Crippen LogP) is 5.59. The van der Waals surface area contributed by atoms with Crippen molar-refractivity contribution in [2.24, 2.45) is 4.99 Å². The van der Waals surface area contributed by atoms with Gasteiger partial charge in [-0.15, -0.1) is 0 Å². The molecule has 0 radical (unpaired) electrons. The highest BCUT2D eigenvalue weighted by Crippen LogP contribution is 2.38. The van der Waals surface area contributed by atoms with Gasteiger partial charge in [0.05, 0.1) is 27.0 Å². The number of aryl methyl sites for hydroxylation is 1. The minimum atomic E-state index is 0.570. The molecule has 0 bridgehead atoms. The van der Waals surface area contributed by atoms with Gasteiger partial charge in [0.1, 0.15) is 0 Å². The van der Waals surface area contributed by atoms with Crippen LogP contribution in [0.4, 0.5) is 5.69 Å². The molecule has 5 heteroatoms. The van der Waals surface area contributed by atoms with Crippen LogP contribution in [0.1, 0.15) is 12.5 Å². The topological polar surface area (TPSA) is 45.0 Å². The fourth-order valence-electron chi connectivity index (χ4n) is 3.79. The molecule has 5 nitrogen and oxygen atoms in total. The molecule has 0 aliphatic rings. The van der Waals surface area contributed by atoms with Crippen molar-refractivity contribution < 1.29 is 14.2 Å². The quantitative estimate of drug-likeness (QED) is 0.404. The van der Waals surface area contributed by atoms with Crippen molar-refractivity contribution in [2.45, 2.75) is 13.5 Å². The molecule has 0 saturated carbocycles. The van der Waals surface area contributed by atoms with Crippen molar-refractivity contribution in [3.05, 3.63) is 60.2 Å². The van der Waals surface area contributed by atoms with E-state index in [9.17, 15) is 0 Å². The maximum Gasteiger partial charge on any atom is 0.203 e. The number of methoxy groups -OCH3 is 3. The lowest BCUT2D eigenvalue weighted by Gasteiger charge is -2.12. The van der Waals surface area contributed by atoms with Gasteiger partial charge in [0.2, 0.25) is 5.75 Å². The zero-order valence-corrected chi connectivity index (χ0v) is 17.1. The van der Waals surface area contributed by atoms with Crippen molar-refractivity contribution in [3.8, 4) is 17.2 Å². The molecular weight excluding hydrogens is 364 g/mol. The van der Waals surface area contributed by atoms with E-state index in [4.69, 9.17) is 14.2 Å². The van der Waals surface area contributed by atoms with E-state index in [1.165, 1.54) is 21.8 Å². The van der Waals surface area contributed by atoms with Gasteiger partial charge in [-0.05, 0) is 43.3 Å². The smallest absolute Gasteiger partial charge is 0.203 e. The van der Waals surface area contributed by atoms with Gasteiger partial charge in [-0.3, -0.25) is 4.99 Å². The highest BCUT2D eigenvalue weighted by molar-refractivity contribution is 6.09. The third-order valence-electron chi connectivity index (χ3n) is 5.12. The first-order chi connectivity index (χ1) is 14.2. The fourth-order valence-corrected chi connectivity index (χ4v) is 3.79. The Labute approximate surface area is 170 Å². The van der Waals surface area contributed by atoms with Crippen LogP contribution in [0.5, 0.6) is 17.2 Å². The third kappa shape index (κ3) is 3.29. The van der Waals surface area contributed by atoms with E-state index in [1.54, 1.807) is 21.3 Å². The van der Waals surface area contributed by atoms with Crippen molar-refractivity contribution in [1.82, 2.24) is 4.57 Å². The molecule has 0 atom stereocenters. The molecule has 4 rings (SSSR count). The second-order valence-corrected chi connectivity index (χ2v) is 6.68. The zero-order valence-electron chi connectivity index (χ0n) is 17.1. The van der Waals surface area contributed by atoms with Gasteiger partial charge in [-0.25, -0.2) is 0 Å². The Bertz CT molecular complexity index is 1180. The first-order valence-corrected chi connectivity index (χ1v) is 9.55. The maximum absolute atomic E-state index is 5.42. The Hall–Kier alpha value is -3.47.